The maximum atomic E-state index is 8.91. The first-order valence-corrected chi connectivity index (χ1v) is 4.51. The van der Waals surface area contributed by atoms with Crippen LogP contribution in [-0.2, 0) is 0 Å². The van der Waals surface area contributed by atoms with Crippen LogP contribution in [0.5, 0.6) is 0 Å². The van der Waals surface area contributed by atoms with E-state index in [-0.39, 0.29) is 11.6 Å². The van der Waals surface area contributed by atoms with Gasteiger partial charge in [0.15, 0.2) is 0 Å². The number of rotatable bonds is 4. The summed E-state index contributed by atoms with van der Waals surface area (Å²) >= 11 is 0. The number of nitrogens with zero attached hydrogens (tertiary/aromatic N) is 3. The van der Waals surface area contributed by atoms with E-state index in [2.05, 4.69) is 37.1 Å². The quantitative estimate of drug-likeness (QED) is 0.631. The molecular formula is C9H15N3. The average Bonchev–Trinajstić information content (AvgIpc) is 2.80. The highest BCUT2D eigenvalue weighted by atomic mass is 15.4. The summed E-state index contributed by atoms with van der Waals surface area (Å²) in [5, 5.41) is 17.0. The second-order valence-corrected chi connectivity index (χ2v) is 3.61. The topological polar surface area (TPSA) is 48.5 Å². The van der Waals surface area contributed by atoms with Gasteiger partial charge < -0.3 is 0 Å². The van der Waals surface area contributed by atoms with Gasteiger partial charge in [-0.05, 0) is 6.42 Å². The molecule has 0 radical (unpaired) electrons. The van der Waals surface area contributed by atoms with Crippen molar-refractivity contribution >= 4 is 0 Å². The third-order valence-corrected chi connectivity index (χ3v) is 2.43. The lowest BCUT2D eigenvalue weighted by Gasteiger charge is -2.18. The SMILES string of the molecule is CCCC(C#N)C1(C(C)C)N=N1. The highest BCUT2D eigenvalue weighted by Crippen LogP contribution is 2.44. The summed E-state index contributed by atoms with van der Waals surface area (Å²) in [5.74, 6) is 0.344. The van der Waals surface area contributed by atoms with Gasteiger partial charge in [-0.25, -0.2) is 0 Å². The van der Waals surface area contributed by atoms with Crippen LogP contribution in [0, 0.1) is 23.2 Å². The molecule has 0 spiro atoms. The van der Waals surface area contributed by atoms with E-state index in [0.29, 0.717) is 5.92 Å². The molecule has 1 aliphatic heterocycles. The van der Waals surface area contributed by atoms with E-state index in [4.69, 9.17) is 5.26 Å². The van der Waals surface area contributed by atoms with Crippen LogP contribution in [0.25, 0.3) is 0 Å². The molecule has 0 saturated carbocycles. The van der Waals surface area contributed by atoms with Gasteiger partial charge in [0, 0.05) is 5.92 Å². The predicted octanol–water partition coefficient (Wildman–Crippen LogP) is 2.74. The van der Waals surface area contributed by atoms with Gasteiger partial charge in [0.2, 0.25) is 5.66 Å². The van der Waals surface area contributed by atoms with Gasteiger partial charge in [-0.1, -0.05) is 27.2 Å². The van der Waals surface area contributed by atoms with Gasteiger partial charge in [-0.2, -0.15) is 15.5 Å². The Kier molecular flexibility index (Phi) is 2.46. The molecule has 1 atom stereocenters. The van der Waals surface area contributed by atoms with Crippen molar-refractivity contribution in [3.63, 3.8) is 0 Å². The maximum absolute atomic E-state index is 8.91. The average molecular weight is 165 g/mol. The normalized spacial score (nSPS) is 20.6. The van der Waals surface area contributed by atoms with Crippen molar-refractivity contribution < 1.29 is 0 Å². The molecule has 0 aromatic heterocycles. The van der Waals surface area contributed by atoms with Crippen molar-refractivity contribution in [2.45, 2.75) is 39.3 Å². The molecule has 66 valence electrons. The summed E-state index contributed by atoms with van der Waals surface area (Å²) in [6.07, 6.45) is 1.93. The maximum Gasteiger partial charge on any atom is 0.208 e. The molecule has 3 nitrogen and oxygen atoms in total. The highest BCUT2D eigenvalue weighted by molar-refractivity contribution is 5.09. The minimum Gasteiger partial charge on any atom is -0.198 e. The van der Waals surface area contributed by atoms with E-state index >= 15 is 0 Å². The third-order valence-electron chi connectivity index (χ3n) is 2.43. The van der Waals surface area contributed by atoms with Crippen molar-refractivity contribution in [1.82, 2.24) is 0 Å². The van der Waals surface area contributed by atoms with Gasteiger partial charge in [0.25, 0.3) is 0 Å². The van der Waals surface area contributed by atoms with Gasteiger partial charge >= 0.3 is 0 Å². The first kappa shape index (κ1) is 9.18. The number of hydrogen-bond acceptors (Lipinski definition) is 3. The predicted molar refractivity (Wildman–Crippen MR) is 46.4 cm³/mol. The standard InChI is InChI=1S/C9H15N3/c1-4-5-8(6-10)9(7(2)3)11-12-9/h7-8H,4-5H2,1-3H3. The van der Waals surface area contributed by atoms with Crippen molar-refractivity contribution in [1.29, 1.82) is 5.26 Å². The van der Waals surface area contributed by atoms with Crippen LogP contribution < -0.4 is 0 Å². The third kappa shape index (κ3) is 1.34. The van der Waals surface area contributed by atoms with Crippen molar-refractivity contribution in [2.75, 3.05) is 0 Å². The highest BCUT2D eigenvalue weighted by Gasteiger charge is 2.50. The fraction of sp³-hybridized carbons (Fsp3) is 0.889. The van der Waals surface area contributed by atoms with Gasteiger partial charge in [-0.3, -0.25) is 0 Å². The fourth-order valence-corrected chi connectivity index (χ4v) is 1.49. The van der Waals surface area contributed by atoms with Crippen LogP contribution in [0.15, 0.2) is 10.2 Å². The molecule has 1 rings (SSSR count). The lowest BCUT2D eigenvalue weighted by molar-refractivity contribution is 0.328. The molecule has 3 heteroatoms. The first-order chi connectivity index (χ1) is 5.67. The van der Waals surface area contributed by atoms with E-state index in [0.717, 1.165) is 12.8 Å². The summed E-state index contributed by atoms with van der Waals surface area (Å²) in [4.78, 5) is 0. The first-order valence-electron chi connectivity index (χ1n) is 4.51. The smallest absolute Gasteiger partial charge is 0.198 e. The minimum atomic E-state index is -0.342. The molecule has 0 bridgehead atoms. The molecule has 12 heavy (non-hydrogen) atoms. The molecule has 0 aromatic carbocycles. The monoisotopic (exact) mass is 165 g/mol. The zero-order valence-corrected chi connectivity index (χ0v) is 7.91. The summed E-state index contributed by atoms with van der Waals surface area (Å²) in [6, 6.07) is 2.30. The Bertz CT molecular complexity index is 218. The van der Waals surface area contributed by atoms with Gasteiger partial charge in [0.1, 0.15) is 0 Å². The van der Waals surface area contributed by atoms with Gasteiger partial charge in [-0.15, -0.1) is 0 Å². The van der Waals surface area contributed by atoms with E-state index in [1.165, 1.54) is 0 Å². The number of hydrogen-bond donors (Lipinski definition) is 0. The van der Waals surface area contributed by atoms with Crippen LogP contribution in [0.2, 0.25) is 0 Å². The Hall–Kier alpha value is -0.910. The summed E-state index contributed by atoms with van der Waals surface area (Å²) in [6.45, 7) is 6.22. The van der Waals surface area contributed by atoms with Crippen molar-refractivity contribution in [2.24, 2.45) is 22.1 Å². The molecule has 0 saturated heterocycles. The van der Waals surface area contributed by atoms with E-state index in [1.807, 2.05) is 0 Å². The second-order valence-electron chi connectivity index (χ2n) is 3.61. The Morgan fingerprint density at radius 2 is 2.00 bits per heavy atom. The van der Waals surface area contributed by atoms with Crippen LogP contribution in [0.3, 0.4) is 0 Å². The molecule has 0 aromatic rings. The van der Waals surface area contributed by atoms with Crippen molar-refractivity contribution in [3.05, 3.63) is 0 Å². The summed E-state index contributed by atoms with van der Waals surface area (Å²) in [7, 11) is 0. The lowest BCUT2D eigenvalue weighted by atomic mass is 9.85. The summed E-state index contributed by atoms with van der Waals surface area (Å²) < 4.78 is 0. The Morgan fingerprint density at radius 3 is 2.25 bits per heavy atom. The Morgan fingerprint density at radius 1 is 1.42 bits per heavy atom. The van der Waals surface area contributed by atoms with E-state index < -0.39 is 0 Å². The molecule has 0 fully saturated rings. The second kappa shape index (κ2) is 3.22. The largest absolute Gasteiger partial charge is 0.208 e. The van der Waals surface area contributed by atoms with Crippen LogP contribution in [0.4, 0.5) is 0 Å². The van der Waals surface area contributed by atoms with Crippen LogP contribution >= 0.6 is 0 Å². The molecule has 1 unspecified atom stereocenters. The zero-order valence-electron chi connectivity index (χ0n) is 7.91. The van der Waals surface area contributed by atoms with Crippen LogP contribution in [0.1, 0.15) is 33.6 Å². The lowest BCUT2D eigenvalue weighted by Crippen LogP contribution is -2.28. The molecule has 1 aliphatic rings. The molecule has 0 amide bonds. The van der Waals surface area contributed by atoms with Crippen molar-refractivity contribution in [3.8, 4) is 6.07 Å². The van der Waals surface area contributed by atoms with Gasteiger partial charge in [0.05, 0.1) is 12.0 Å². The minimum absolute atomic E-state index is 0.0116. The summed E-state index contributed by atoms with van der Waals surface area (Å²) in [5.41, 5.74) is -0.342. The number of nitriles is 1. The Balaban J connectivity index is 2.61. The van der Waals surface area contributed by atoms with Crippen LogP contribution in [-0.4, -0.2) is 5.66 Å². The molecular weight excluding hydrogens is 150 g/mol. The van der Waals surface area contributed by atoms with E-state index in [9.17, 15) is 0 Å². The molecule has 0 N–H and O–H groups in total. The molecule has 1 heterocycles. The van der Waals surface area contributed by atoms with E-state index in [1.54, 1.807) is 0 Å². The zero-order chi connectivity index (χ0) is 9.19. The molecule has 0 aliphatic carbocycles. The fourth-order valence-electron chi connectivity index (χ4n) is 1.49. The Labute approximate surface area is 73.5 Å².